The summed E-state index contributed by atoms with van der Waals surface area (Å²) in [5.74, 6) is 0.370. The highest BCUT2D eigenvalue weighted by Crippen LogP contribution is 2.21. The number of hydrogen-bond acceptors (Lipinski definition) is 2. The van der Waals surface area contributed by atoms with Crippen molar-refractivity contribution in [3.05, 3.63) is 48.0 Å². The van der Waals surface area contributed by atoms with E-state index in [1.165, 1.54) is 0 Å². The van der Waals surface area contributed by atoms with E-state index in [9.17, 15) is 9.90 Å². The number of carbonyl (C=O) groups excluding carboxylic acids is 1. The van der Waals surface area contributed by atoms with Gasteiger partial charge in [-0.15, -0.1) is 0 Å². The number of hydrogen-bond donors (Lipinski definition) is 2. The van der Waals surface area contributed by atoms with Crippen LogP contribution in [-0.4, -0.2) is 17.6 Å². The van der Waals surface area contributed by atoms with Gasteiger partial charge in [-0.25, -0.2) is 0 Å². The van der Waals surface area contributed by atoms with Crippen molar-refractivity contribution in [3.8, 4) is 0 Å². The number of amides is 1. The van der Waals surface area contributed by atoms with Crippen LogP contribution in [0.1, 0.15) is 30.9 Å². The molecule has 3 heteroatoms. The van der Waals surface area contributed by atoms with E-state index in [2.05, 4.69) is 17.5 Å². The zero-order valence-corrected chi connectivity index (χ0v) is 10.4. The van der Waals surface area contributed by atoms with E-state index in [1.807, 2.05) is 30.3 Å². The monoisotopic (exact) mass is 245 g/mol. The van der Waals surface area contributed by atoms with Crippen LogP contribution in [0.15, 0.2) is 42.5 Å². The second kappa shape index (κ2) is 6.36. The molecule has 0 saturated carbocycles. The SMILES string of the molecule is O=C(CC1C=CCC1)N[C@@H](CO)c1ccccc1. The topological polar surface area (TPSA) is 49.3 Å². The number of benzene rings is 1. The minimum absolute atomic E-state index is 0.00875. The van der Waals surface area contributed by atoms with Crippen molar-refractivity contribution in [3.63, 3.8) is 0 Å². The molecule has 1 aliphatic rings. The van der Waals surface area contributed by atoms with Crippen molar-refractivity contribution in [2.75, 3.05) is 6.61 Å². The predicted octanol–water partition coefficient (Wildman–Crippen LogP) is 2.19. The van der Waals surface area contributed by atoms with E-state index in [4.69, 9.17) is 0 Å². The average Bonchev–Trinajstić information content (AvgIpc) is 2.90. The lowest BCUT2D eigenvalue weighted by atomic mass is 10.0. The van der Waals surface area contributed by atoms with Gasteiger partial charge >= 0.3 is 0 Å². The summed E-state index contributed by atoms with van der Waals surface area (Å²) in [4.78, 5) is 11.9. The third kappa shape index (κ3) is 3.44. The summed E-state index contributed by atoms with van der Waals surface area (Å²) >= 11 is 0. The molecule has 2 N–H and O–H groups in total. The van der Waals surface area contributed by atoms with Crippen molar-refractivity contribution < 1.29 is 9.90 Å². The van der Waals surface area contributed by atoms with Crippen molar-refractivity contribution in [2.24, 2.45) is 5.92 Å². The number of aliphatic hydroxyl groups excluding tert-OH is 1. The summed E-state index contributed by atoms with van der Waals surface area (Å²) in [6.45, 7) is -0.0732. The largest absolute Gasteiger partial charge is 0.394 e. The molecule has 1 aliphatic carbocycles. The Morgan fingerprint density at radius 3 is 2.78 bits per heavy atom. The molecule has 3 nitrogen and oxygen atoms in total. The van der Waals surface area contributed by atoms with Crippen molar-refractivity contribution in [1.29, 1.82) is 0 Å². The molecule has 0 heterocycles. The number of carbonyl (C=O) groups is 1. The molecule has 0 fully saturated rings. The number of nitrogens with one attached hydrogen (secondary N) is 1. The Balaban J connectivity index is 1.90. The lowest BCUT2D eigenvalue weighted by molar-refractivity contribution is -0.122. The third-order valence-electron chi connectivity index (χ3n) is 3.28. The van der Waals surface area contributed by atoms with Gasteiger partial charge in [-0.05, 0) is 24.3 Å². The quantitative estimate of drug-likeness (QED) is 0.781. The molecule has 1 aromatic rings. The molecule has 1 unspecified atom stereocenters. The molecule has 1 aromatic carbocycles. The van der Waals surface area contributed by atoms with Gasteiger partial charge in [0.2, 0.25) is 5.91 Å². The molecular weight excluding hydrogens is 226 g/mol. The fourth-order valence-electron chi connectivity index (χ4n) is 2.28. The normalized spacial score (nSPS) is 19.7. The molecule has 0 bridgehead atoms. The molecule has 18 heavy (non-hydrogen) atoms. The molecule has 1 amide bonds. The third-order valence-corrected chi connectivity index (χ3v) is 3.28. The number of allylic oxidation sites excluding steroid dienone is 2. The summed E-state index contributed by atoms with van der Waals surface area (Å²) in [5.41, 5.74) is 0.940. The second-order valence-corrected chi connectivity index (χ2v) is 4.68. The molecule has 0 aliphatic heterocycles. The Morgan fingerprint density at radius 2 is 2.17 bits per heavy atom. The standard InChI is InChI=1S/C15H19NO2/c17-11-14(13-8-2-1-3-9-13)16-15(18)10-12-6-4-5-7-12/h1-4,6,8-9,12,14,17H,5,7,10-11H2,(H,16,18)/t12?,14-/m0/s1. The maximum atomic E-state index is 11.9. The summed E-state index contributed by atoms with van der Waals surface area (Å²) in [7, 11) is 0. The highest BCUT2D eigenvalue weighted by molar-refractivity contribution is 5.77. The first kappa shape index (κ1) is 12.8. The first-order chi connectivity index (χ1) is 8.79. The van der Waals surface area contributed by atoms with Gasteiger partial charge < -0.3 is 10.4 Å². The van der Waals surface area contributed by atoms with Gasteiger partial charge in [0.15, 0.2) is 0 Å². The summed E-state index contributed by atoms with van der Waals surface area (Å²) in [6.07, 6.45) is 6.87. The van der Waals surface area contributed by atoms with Gasteiger partial charge in [0.25, 0.3) is 0 Å². The predicted molar refractivity (Wildman–Crippen MR) is 70.9 cm³/mol. The molecule has 0 spiro atoms. The zero-order valence-electron chi connectivity index (χ0n) is 10.4. The summed E-state index contributed by atoms with van der Waals surface area (Å²) in [5, 5.41) is 12.2. The van der Waals surface area contributed by atoms with Crippen molar-refractivity contribution >= 4 is 5.91 Å². The van der Waals surface area contributed by atoms with Crippen LogP contribution < -0.4 is 5.32 Å². The molecule has 0 aromatic heterocycles. The fraction of sp³-hybridized carbons (Fsp3) is 0.400. The Kier molecular flexibility index (Phi) is 4.53. The van der Waals surface area contributed by atoms with Crippen LogP contribution in [0, 0.1) is 5.92 Å². The minimum atomic E-state index is -0.302. The van der Waals surface area contributed by atoms with E-state index in [0.717, 1.165) is 18.4 Å². The van der Waals surface area contributed by atoms with Crippen LogP contribution in [0.25, 0.3) is 0 Å². The average molecular weight is 245 g/mol. The first-order valence-electron chi connectivity index (χ1n) is 6.41. The van der Waals surface area contributed by atoms with E-state index in [1.54, 1.807) is 0 Å². The van der Waals surface area contributed by atoms with Gasteiger partial charge in [0.05, 0.1) is 12.6 Å². The fourth-order valence-corrected chi connectivity index (χ4v) is 2.28. The maximum absolute atomic E-state index is 11.9. The molecule has 0 radical (unpaired) electrons. The zero-order chi connectivity index (χ0) is 12.8. The van der Waals surface area contributed by atoms with Crippen LogP contribution in [0.5, 0.6) is 0 Å². The van der Waals surface area contributed by atoms with Crippen LogP contribution in [0.2, 0.25) is 0 Å². The van der Waals surface area contributed by atoms with Gasteiger partial charge in [-0.3, -0.25) is 4.79 Å². The van der Waals surface area contributed by atoms with Gasteiger partial charge in [0.1, 0.15) is 0 Å². The molecule has 96 valence electrons. The number of aliphatic hydroxyl groups is 1. The van der Waals surface area contributed by atoms with Crippen LogP contribution in [0.4, 0.5) is 0 Å². The lowest BCUT2D eigenvalue weighted by Gasteiger charge is -2.17. The Hall–Kier alpha value is -1.61. The Labute approximate surface area is 108 Å². The highest BCUT2D eigenvalue weighted by atomic mass is 16.3. The number of rotatable bonds is 5. The van der Waals surface area contributed by atoms with Crippen LogP contribution in [-0.2, 0) is 4.79 Å². The summed E-state index contributed by atoms with van der Waals surface area (Å²) in [6, 6.07) is 9.26. The van der Waals surface area contributed by atoms with Crippen molar-refractivity contribution in [2.45, 2.75) is 25.3 Å². The van der Waals surface area contributed by atoms with Crippen molar-refractivity contribution in [1.82, 2.24) is 5.32 Å². The van der Waals surface area contributed by atoms with E-state index >= 15 is 0 Å². The summed E-state index contributed by atoms with van der Waals surface area (Å²) < 4.78 is 0. The van der Waals surface area contributed by atoms with Gasteiger partial charge in [-0.2, -0.15) is 0 Å². The second-order valence-electron chi connectivity index (χ2n) is 4.68. The molecule has 2 atom stereocenters. The highest BCUT2D eigenvalue weighted by Gasteiger charge is 2.17. The van der Waals surface area contributed by atoms with Gasteiger partial charge in [-0.1, -0.05) is 42.5 Å². The molecule has 2 rings (SSSR count). The van der Waals surface area contributed by atoms with Gasteiger partial charge in [0, 0.05) is 6.42 Å². The van der Waals surface area contributed by atoms with Crippen LogP contribution in [0.3, 0.4) is 0 Å². The Morgan fingerprint density at radius 1 is 1.39 bits per heavy atom. The van der Waals surface area contributed by atoms with E-state index in [-0.39, 0.29) is 18.6 Å². The maximum Gasteiger partial charge on any atom is 0.221 e. The van der Waals surface area contributed by atoms with E-state index in [0.29, 0.717) is 12.3 Å². The molecule has 0 saturated heterocycles. The smallest absolute Gasteiger partial charge is 0.221 e. The Bertz CT molecular complexity index is 414. The molecular formula is C15H19NO2. The van der Waals surface area contributed by atoms with Crippen LogP contribution >= 0.6 is 0 Å². The minimum Gasteiger partial charge on any atom is -0.394 e. The first-order valence-corrected chi connectivity index (χ1v) is 6.41. The van der Waals surface area contributed by atoms with E-state index < -0.39 is 0 Å². The lowest BCUT2D eigenvalue weighted by Crippen LogP contribution is -2.31.